The number of amides is 1. The normalized spacial score (nSPS) is 15.6. The van der Waals surface area contributed by atoms with E-state index in [4.69, 9.17) is 10.5 Å². The smallest absolute Gasteiger partial charge is 0.422 e. The minimum atomic E-state index is -4.77. The molecule has 1 atom stereocenters. The summed E-state index contributed by atoms with van der Waals surface area (Å²) < 4.78 is 50.3. The Balaban J connectivity index is 1.56. The number of aromatic nitrogens is 3. The van der Waals surface area contributed by atoms with Gasteiger partial charge in [0.25, 0.3) is 5.91 Å². The number of anilines is 2. The van der Waals surface area contributed by atoms with E-state index in [1.807, 2.05) is 0 Å². The molecule has 2 aromatic heterocycles. The molecule has 1 saturated heterocycles. The summed E-state index contributed by atoms with van der Waals surface area (Å²) in [7, 11) is 0. The highest BCUT2D eigenvalue weighted by atomic mass is 32.1. The summed E-state index contributed by atoms with van der Waals surface area (Å²) >= 11 is 1.23. The van der Waals surface area contributed by atoms with Gasteiger partial charge in [0.05, 0.1) is 23.8 Å². The molecule has 4 aromatic rings. The Morgan fingerprint density at radius 2 is 2.00 bits per heavy atom. The lowest BCUT2D eigenvalue weighted by atomic mass is 9.96. The molecule has 1 fully saturated rings. The van der Waals surface area contributed by atoms with Crippen LogP contribution in [0.3, 0.4) is 0 Å². The number of benzene rings is 2. The number of halogens is 3. The quantitative estimate of drug-likeness (QED) is 0.276. The lowest BCUT2D eigenvalue weighted by Gasteiger charge is -2.37. The van der Waals surface area contributed by atoms with Crippen LogP contribution < -0.4 is 20.7 Å². The summed E-state index contributed by atoms with van der Waals surface area (Å²) in [5, 5.41) is 12.3. The van der Waals surface area contributed by atoms with Crippen LogP contribution in [-0.4, -0.2) is 40.7 Å². The van der Waals surface area contributed by atoms with Crippen molar-refractivity contribution in [1.29, 1.82) is 0 Å². The molecule has 0 bridgehead atoms. The largest absolute Gasteiger partial charge is 0.456 e. The first-order chi connectivity index (χ1) is 19.2. The third-order valence-corrected chi connectivity index (χ3v) is 7.61. The summed E-state index contributed by atoms with van der Waals surface area (Å²) in [6, 6.07) is 11.3. The van der Waals surface area contributed by atoms with Crippen LogP contribution in [0.2, 0.25) is 0 Å². The zero-order valence-corrected chi connectivity index (χ0v) is 22.4. The first-order valence-electron chi connectivity index (χ1n) is 12.7. The van der Waals surface area contributed by atoms with Crippen LogP contribution in [0.5, 0.6) is 11.5 Å². The predicted octanol–water partition coefficient (Wildman–Crippen LogP) is 6.15. The Hall–Kier alpha value is -4.03. The number of hydrogen-bond acceptors (Lipinski definition) is 8. The van der Waals surface area contributed by atoms with Gasteiger partial charge in [0, 0.05) is 24.0 Å². The van der Waals surface area contributed by atoms with E-state index in [-0.39, 0.29) is 28.7 Å². The van der Waals surface area contributed by atoms with Gasteiger partial charge in [-0.15, -0.1) is 11.3 Å². The highest BCUT2D eigenvalue weighted by Crippen LogP contribution is 2.48. The molecule has 12 heteroatoms. The van der Waals surface area contributed by atoms with E-state index in [1.165, 1.54) is 35.9 Å². The van der Waals surface area contributed by atoms with Gasteiger partial charge in [-0.05, 0) is 62.1 Å². The van der Waals surface area contributed by atoms with Crippen molar-refractivity contribution in [1.82, 2.24) is 15.2 Å². The van der Waals surface area contributed by atoms with Crippen LogP contribution >= 0.6 is 11.3 Å². The number of ether oxygens (including phenoxy) is 1. The second kappa shape index (κ2) is 11.6. The Morgan fingerprint density at radius 1 is 1.18 bits per heavy atom. The van der Waals surface area contributed by atoms with Crippen LogP contribution in [0.1, 0.15) is 34.5 Å². The molecule has 0 aliphatic carbocycles. The molecular weight excluding hydrogens is 541 g/mol. The lowest BCUT2D eigenvalue weighted by Crippen LogP contribution is -2.40. The topological polar surface area (TPSA) is 106 Å². The zero-order chi connectivity index (χ0) is 28.3. The standard InChI is InChI=1S/C28H27F3N6O2S/c1-17-5-2-3-7-22(17)39-23-9-8-20(25(24(23)28(29,30)31)37-12-4-6-18(13-32)15-37)35-26(38)21-16-40-27(36-21)19-10-11-33-34-14-19/h2-3,5,7-11,14,16,18H,4,6,12-13,15,32H2,1H3,(H,35,38)/t18-/m0/s1. The third kappa shape index (κ3) is 5.92. The molecule has 0 spiro atoms. The average molecular weight is 569 g/mol. The minimum Gasteiger partial charge on any atom is -0.456 e. The Bertz CT molecular complexity index is 1500. The Kier molecular flexibility index (Phi) is 7.99. The molecule has 208 valence electrons. The van der Waals surface area contributed by atoms with Crippen molar-refractivity contribution >= 4 is 28.6 Å². The van der Waals surface area contributed by atoms with Crippen molar-refractivity contribution < 1.29 is 22.7 Å². The second-order valence-corrected chi connectivity index (χ2v) is 10.4. The van der Waals surface area contributed by atoms with E-state index < -0.39 is 17.6 Å². The number of nitrogens with zero attached hydrogens (tertiary/aromatic N) is 4. The number of rotatable bonds is 7. The highest BCUT2D eigenvalue weighted by Gasteiger charge is 2.41. The summed E-state index contributed by atoms with van der Waals surface area (Å²) in [6.45, 7) is 2.82. The van der Waals surface area contributed by atoms with Crippen LogP contribution in [0.25, 0.3) is 10.6 Å². The molecule has 1 aliphatic heterocycles. The van der Waals surface area contributed by atoms with Crippen molar-refractivity contribution in [3.05, 3.63) is 77.1 Å². The monoisotopic (exact) mass is 568 g/mol. The molecule has 3 heterocycles. The van der Waals surface area contributed by atoms with Crippen LogP contribution in [-0.2, 0) is 6.18 Å². The van der Waals surface area contributed by atoms with Crippen LogP contribution in [0.15, 0.2) is 60.2 Å². The number of carbonyl (C=O) groups is 1. The van der Waals surface area contributed by atoms with Crippen LogP contribution in [0, 0.1) is 12.8 Å². The van der Waals surface area contributed by atoms with E-state index in [2.05, 4.69) is 20.5 Å². The van der Waals surface area contributed by atoms with Crippen LogP contribution in [0.4, 0.5) is 24.5 Å². The predicted molar refractivity (Wildman–Crippen MR) is 148 cm³/mol. The van der Waals surface area contributed by atoms with Gasteiger partial charge in [-0.25, -0.2) is 4.98 Å². The van der Waals surface area contributed by atoms with Gasteiger partial charge in [0.2, 0.25) is 0 Å². The maximum absolute atomic E-state index is 14.8. The fraction of sp³-hybridized carbons (Fsp3) is 0.286. The molecular formula is C28H27F3N6O2S. The van der Waals surface area contributed by atoms with Gasteiger partial charge in [0.1, 0.15) is 27.8 Å². The van der Waals surface area contributed by atoms with E-state index in [0.29, 0.717) is 47.9 Å². The van der Waals surface area contributed by atoms with Crippen molar-refractivity contribution in [3.63, 3.8) is 0 Å². The number of aryl methyl sites for hydroxylation is 1. The van der Waals surface area contributed by atoms with Gasteiger partial charge in [-0.3, -0.25) is 4.79 Å². The first-order valence-corrected chi connectivity index (χ1v) is 13.6. The molecule has 2 aromatic carbocycles. The van der Waals surface area contributed by atoms with Gasteiger partial charge < -0.3 is 20.7 Å². The van der Waals surface area contributed by atoms with Crippen molar-refractivity contribution in [2.24, 2.45) is 11.7 Å². The number of hydrogen-bond donors (Lipinski definition) is 2. The van der Waals surface area contributed by atoms with Gasteiger partial charge in [-0.2, -0.15) is 23.4 Å². The minimum absolute atomic E-state index is 0.0206. The van der Waals surface area contributed by atoms with E-state index in [1.54, 1.807) is 47.5 Å². The van der Waals surface area contributed by atoms with Crippen molar-refractivity contribution in [2.45, 2.75) is 25.9 Å². The highest BCUT2D eigenvalue weighted by molar-refractivity contribution is 7.13. The third-order valence-electron chi connectivity index (χ3n) is 6.72. The fourth-order valence-corrected chi connectivity index (χ4v) is 5.52. The van der Waals surface area contributed by atoms with Crippen molar-refractivity contribution in [3.8, 4) is 22.1 Å². The van der Waals surface area contributed by atoms with Gasteiger partial charge >= 0.3 is 6.18 Å². The SMILES string of the molecule is Cc1ccccc1Oc1ccc(NC(=O)c2csc(-c3ccnnc3)n2)c(N2CCC[C@@H](CN)C2)c1C(F)(F)F. The molecule has 0 saturated carbocycles. The Labute approximate surface area is 233 Å². The van der Waals surface area contributed by atoms with E-state index >= 15 is 0 Å². The summed E-state index contributed by atoms with van der Waals surface area (Å²) in [4.78, 5) is 19.3. The number of thiazole rings is 1. The summed E-state index contributed by atoms with van der Waals surface area (Å²) in [5.41, 5.74) is 6.28. The first kappa shape index (κ1) is 27.5. The zero-order valence-electron chi connectivity index (χ0n) is 21.6. The summed E-state index contributed by atoms with van der Waals surface area (Å²) in [5.74, 6) is -0.631. The number of nitrogens with two attached hydrogens (primary N) is 1. The molecule has 0 unspecified atom stereocenters. The van der Waals surface area contributed by atoms with Crippen molar-refractivity contribution in [2.75, 3.05) is 29.9 Å². The molecule has 1 aliphatic rings. The fourth-order valence-electron chi connectivity index (χ4n) is 4.73. The number of nitrogens with one attached hydrogen (secondary N) is 1. The molecule has 8 nitrogen and oxygen atoms in total. The molecule has 5 rings (SSSR count). The van der Waals surface area contributed by atoms with Gasteiger partial charge in [0.15, 0.2) is 0 Å². The second-order valence-electron chi connectivity index (χ2n) is 9.51. The average Bonchev–Trinajstić information content (AvgIpc) is 3.45. The van der Waals surface area contributed by atoms with Gasteiger partial charge in [-0.1, -0.05) is 18.2 Å². The molecule has 1 amide bonds. The number of carbonyl (C=O) groups excluding carboxylic acids is 1. The maximum Gasteiger partial charge on any atom is 0.422 e. The number of alkyl halides is 3. The Morgan fingerprint density at radius 3 is 2.73 bits per heavy atom. The summed E-state index contributed by atoms with van der Waals surface area (Å²) in [6.07, 6.45) is -0.252. The van der Waals surface area contributed by atoms with E-state index in [9.17, 15) is 18.0 Å². The molecule has 0 radical (unpaired) electrons. The number of para-hydroxylation sites is 1. The molecule has 3 N–H and O–H groups in total. The molecule has 40 heavy (non-hydrogen) atoms. The van der Waals surface area contributed by atoms with E-state index in [0.717, 1.165) is 6.42 Å². The number of piperidine rings is 1. The lowest BCUT2D eigenvalue weighted by molar-refractivity contribution is -0.138. The maximum atomic E-state index is 14.8.